The van der Waals surface area contributed by atoms with E-state index < -0.39 is 44.1 Å². The Morgan fingerprint density at radius 1 is 1.00 bits per heavy atom. The van der Waals surface area contributed by atoms with E-state index in [0.29, 0.717) is 19.4 Å². The zero-order valence-electron chi connectivity index (χ0n) is 30.9. The van der Waals surface area contributed by atoms with E-state index in [9.17, 15) is 29.7 Å². The van der Waals surface area contributed by atoms with Crippen molar-refractivity contribution in [2.24, 2.45) is 0 Å². The highest BCUT2D eigenvalue weighted by Crippen LogP contribution is 2.52. The summed E-state index contributed by atoms with van der Waals surface area (Å²) in [5.41, 5.74) is -2.78. The summed E-state index contributed by atoms with van der Waals surface area (Å²) in [7, 11) is 17.2. The van der Waals surface area contributed by atoms with Gasteiger partial charge < -0.3 is 40.4 Å². The molecule has 0 spiro atoms. The molecule has 11 nitrogen and oxygen atoms in total. The molecule has 2 aromatic carbocycles. The summed E-state index contributed by atoms with van der Waals surface area (Å²) in [6.07, 6.45) is 1.09. The number of aliphatic hydroxyl groups is 3. The molecule has 0 saturated carbocycles. The van der Waals surface area contributed by atoms with Crippen LogP contribution in [-0.2, 0) is 31.2 Å². The van der Waals surface area contributed by atoms with Crippen LogP contribution < -0.4 is 10.6 Å². The zero-order chi connectivity index (χ0) is 37.5. The second-order valence-corrected chi connectivity index (χ2v) is 15.3. The molecule has 1 fully saturated rings. The first-order valence-corrected chi connectivity index (χ1v) is 16.5. The Kier molecular flexibility index (Phi) is 11.7. The van der Waals surface area contributed by atoms with Crippen molar-refractivity contribution in [3.8, 4) is 0 Å². The Morgan fingerprint density at radius 2 is 1.57 bits per heavy atom. The minimum atomic E-state index is -3.03. The molecule has 1 aliphatic heterocycles. The normalized spacial score (nSPS) is 20.5. The molecule has 4 atom stereocenters. The number of hydrogen-bond donors (Lipinski definition) is 5. The van der Waals surface area contributed by atoms with Gasteiger partial charge in [0.1, 0.15) is 78.9 Å². The minimum absolute atomic E-state index is 0.0746. The molecule has 1 aliphatic rings. The summed E-state index contributed by atoms with van der Waals surface area (Å²) >= 11 is 0. The molecule has 4 unspecified atom stereocenters. The van der Waals surface area contributed by atoms with Gasteiger partial charge in [-0.1, -0.05) is 23.4 Å². The van der Waals surface area contributed by atoms with Crippen molar-refractivity contribution in [3.63, 3.8) is 0 Å². The van der Waals surface area contributed by atoms with Crippen LogP contribution in [0.3, 0.4) is 0 Å². The maximum absolute atomic E-state index is 15.5. The number of likely N-dealkylation sites (N-methyl/N-ethyl adjacent to an activating group) is 2. The second-order valence-electron chi connectivity index (χ2n) is 15.3. The molecule has 1 heterocycles. The number of ether oxygens (including phenoxy) is 1. The van der Waals surface area contributed by atoms with Crippen molar-refractivity contribution < 1.29 is 38.8 Å². The van der Waals surface area contributed by atoms with Crippen molar-refractivity contribution in [2.75, 3.05) is 32.5 Å². The Labute approximate surface area is 296 Å². The van der Waals surface area contributed by atoms with Gasteiger partial charge in [0.15, 0.2) is 7.85 Å². The largest absolute Gasteiger partial charge is 0.380 e. The molecule has 1 saturated heterocycles. The minimum Gasteiger partial charge on any atom is -0.380 e. The molecular weight excluding hydrogens is 622 g/mol. The fraction of sp³-hybridized carbons (Fsp3) is 0.483. The number of anilines is 1. The molecule has 3 rings (SSSR count). The summed E-state index contributed by atoms with van der Waals surface area (Å²) in [5.74, 6) is -4.36. The smallest absolute Gasteiger partial charge is 0.275 e. The fourth-order valence-electron chi connectivity index (χ4n) is 7.11. The molecule has 2 aromatic rings. The van der Waals surface area contributed by atoms with Gasteiger partial charge in [-0.3, -0.25) is 14.5 Å². The number of carbonyl (C=O) groups is 3. The van der Waals surface area contributed by atoms with E-state index in [1.165, 1.54) is 31.3 Å². The van der Waals surface area contributed by atoms with Crippen LogP contribution in [0.5, 0.6) is 0 Å². The van der Waals surface area contributed by atoms with Gasteiger partial charge in [-0.25, -0.2) is 4.39 Å². The van der Waals surface area contributed by atoms with E-state index in [4.69, 9.17) is 4.74 Å². The monoisotopic (exact) mass is 670 g/mol. The zero-order valence-corrected chi connectivity index (χ0v) is 30.9. The first kappa shape index (κ1) is 40.7. The summed E-state index contributed by atoms with van der Waals surface area (Å²) in [6.45, 7) is 4.56. The number of benzene rings is 2. The number of carbonyl (C=O) groups excluding carboxylic acids is 3. The predicted molar refractivity (Wildman–Crippen MR) is 209 cm³/mol. The van der Waals surface area contributed by atoms with Crippen molar-refractivity contribution in [2.45, 2.75) is 58.8 Å². The van der Waals surface area contributed by atoms with Gasteiger partial charge in [-0.15, -0.1) is 0 Å². The average molecular weight is 669 g/mol. The lowest BCUT2D eigenvalue weighted by molar-refractivity contribution is -0.148. The number of rotatable bonds is 13. The van der Waals surface area contributed by atoms with Crippen LogP contribution in [-0.4, -0.2) is 151 Å². The van der Waals surface area contributed by atoms with Crippen LogP contribution in [0.25, 0.3) is 0 Å². The SMILES string of the molecule is BC(B)(c1c(C=O)cccc1NC(O)(O)c1cc(C(B)(O)N2CC(C)OC(C)C2)ccc1F)N(C)C(B)(C(=O)NC)C(B)(B)C(B)(B)C=O. The summed E-state index contributed by atoms with van der Waals surface area (Å²) in [5, 5.41) is 36.9. The maximum Gasteiger partial charge on any atom is 0.275 e. The van der Waals surface area contributed by atoms with Crippen LogP contribution in [0.4, 0.5) is 10.1 Å². The third kappa shape index (κ3) is 7.23. The lowest BCUT2D eigenvalue weighted by Gasteiger charge is -2.59. The number of nitrogens with one attached hydrogen (secondary N) is 2. The molecule has 49 heavy (non-hydrogen) atoms. The maximum atomic E-state index is 15.5. The van der Waals surface area contributed by atoms with E-state index in [1.807, 2.05) is 29.5 Å². The van der Waals surface area contributed by atoms with Gasteiger partial charge in [0, 0.05) is 31.4 Å². The van der Waals surface area contributed by atoms with Crippen LogP contribution in [0.1, 0.15) is 40.9 Å². The number of halogens is 1. The van der Waals surface area contributed by atoms with Crippen molar-refractivity contribution >= 4 is 86.9 Å². The molecule has 5 N–H and O–H groups in total. The number of aldehydes is 2. The molecular formula is C29H47B8FN4O7. The van der Waals surface area contributed by atoms with E-state index in [2.05, 4.69) is 10.6 Å². The third-order valence-electron chi connectivity index (χ3n) is 11.4. The van der Waals surface area contributed by atoms with Gasteiger partial charge in [0.25, 0.3) is 5.91 Å². The van der Waals surface area contributed by atoms with Gasteiger partial charge in [0.05, 0.1) is 23.2 Å². The van der Waals surface area contributed by atoms with Crippen LogP contribution in [0, 0.1) is 5.82 Å². The molecule has 20 heteroatoms. The number of morpholine rings is 1. The topological polar surface area (TPSA) is 152 Å². The Hall–Kier alpha value is -2.74. The molecule has 0 aromatic heterocycles. The molecule has 0 bridgehead atoms. The van der Waals surface area contributed by atoms with Gasteiger partial charge in [-0.05, 0) is 60.8 Å². The Balaban J connectivity index is 2.18. The lowest BCUT2D eigenvalue weighted by Crippen LogP contribution is -2.72. The summed E-state index contributed by atoms with van der Waals surface area (Å²) in [6, 6.07) is 8.25. The standard InChI is InChI=1S/C29H47B8FN4O7/c1-15-11-42(12-16(2)49-15)27(35,46)18-8-9-20(38)19(10-18)28(47,48)40-21-7-5-6-17(13-43)22(21)26(33,34)41(4)25(32,23(45)39-3)29(36,37)24(30,31)14-44/h5-10,13-16,40,46-48H,11-12,30-37H2,1-4H3,(H,39,45). The molecule has 0 aliphatic carbocycles. The van der Waals surface area contributed by atoms with E-state index in [0.717, 1.165) is 12.4 Å². The highest BCUT2D eigenvalue weighted by atomic mass is 19.1. The van der Waals surface area contributed by atoms with Crippen LogP contribution >= 0.6 is 0 Å². The van der Waals surface area contributed by atoms with E-state index >= 15 is 4.39 Å². The Morgan fingerprint density at radius 3 is 2.08 bits per heavy atom. The summed E-state index contributed by atoms with van der Waals surface area (Å²) < 4.78 is 21.3. The van der Waals surface area contributed by atoms with Gasteiger partial charge >= 0.3 is 0 Å². The van der Waals surface area contributed by atoms with E-state index in [-0.39, 0.29) is 40.5 Å². The number of hydrogen-bond acceptors (Lipinski definition) is 10. The molecule has 256 valence electrons. The van der Waals surface area contributed by atoms with Gasteiger partial charge in [0.2, 0.25) is 5.91 Å². The molecule has 1 amide bonds. The lowest BCUT2D eigenvalue weighted by atomic mass is 9.22. The fourth-order valence-corrected chi connectivity index (χ4v) is 7.11. The van der Waals surface area contributed by atoms with E-state index in [1.54, 1.807) is 70.0 Å². The van der Waals surface area contributed by atoms with Crippen LogP contribution in [0.15, 0.2) is 36.4 Å². The first-order chi connectivity index (χ1) is 22.4. The average Bonchev–Trinajstić information content (AvgIpc) is 3.02. The number of nitrogens with zero attached hydrogens (tertiary/aromatic N) is 2. The number of amides is 1. The van der Waals surface area contributed by atoms with Crippen molar-refractivity contribution in [3.05, 3.63) is 64.5 Å². The highest BCUT2D eigenvalue weighted by Gasteiger charge is 2.58. The van der Waals surface area contributed by atoms with Crippen molar-refractivity contribution in [1.29, 1.82) is 0 Å². The third-order valence-corrected chi connectivity index (χ3v) is 11.4. The Bertz CT molecular complexity index is 1580. The summed E-state index contributed by atoms with van der Waals surface area (Å²) in [4.78, 5) is 42.2. The first-order valence-electron chi connectivity index (χ1n) is 16.5. The van der Waals surface area contributed by atoms with Gasteiger partial charge in [-0.2, -0.15) is 0 Å². The van der Waals surface area contributed by atoms with Crippen molar-refractivity contribution in [1.82, 2.24) is 15.1 Å². The predicted octanol–water partition coefficient (Wildman–Crippen LogP) is -6.96. The quantitative estimate of drug-likeness (QED) is 0.0792. The van der Waals surface area contributed by atoms with Crippen LogP contribution in [0.2, 0.25) is 10.4 Å². The second kappa shape index (κ2) is 14.1. The molecule has 0 radical (unpaired) electrons. The highest BCUT2D eigenvalue weighted by molar-refractivity contribution is 6.63.